The topological polar surface area (TPSA) is 18.5 Å². The van der Waals surface area contributed by atoms with Gasteiger partial charge in [-0.15, -0.1) is 0 Å². The van der Waals surface area contributed by atoms with Crippen molar-refractivity contribution in [1.29, 1.82) is 0 Å². The molecule has 0 atom stereocenters. The number of hydrogen-bond donors (Lipinski definition) is 0. The third-order valence-electron chi connectivity index (χ3n) is 7.22. The van der Waals surface area contributed by atoms with E-state index in [1.54, 1.807) is 0 Å². The molecule has 158 valence electrons. The summed E-state index contributed by atoms with van der Waals surface area (Å²) < 4.78 is 69.3. The van der Waals surface area contributed by atoms with Crippen LogP contribution in [0.4, 0.5) is 17.6 Å². The molecule has 4 aliphatic rings. The summed E-state index contributed by atoms with van der Waals surface area (Å²) in [5, 5.41) is 0. The zero-order chi connectivity index (χ0) is 19.8. The van der Waals surface area contributed by atoms with Crippen molar-refractivity contribution >= 4 is 0 Å². The summed E-state index contributed by atoms with van der Waals surface area (Å²) in [6.07, 6.45) is 3.30. The highest BCUT2D eigenvalue weighted by Gasteiger charge is 2.76. The van der Waals surface area contributed by atoms with E-state index in [2.05, 4.69) is 6.92 Å². The standard InChI is InChI=1S/C21H34F4O2/c1-3-5-16-6-8-17(9-7-16)15-26-19-13-11-18(10-4-2,12-14-19)27-21(24,25)20(19,22)23/h16-17H,3-15H2,1-2H3. The lowest BCUT2D eigenvalue weighted by molar-refractivity contribution is -0.395. The van der Waals surface area contributed by atoms with Crippen LogP contribution in [0.1, 0.15) is 90.9 Å². The molecular weight excluding hydrogens is 360 g/mol. The number of rotatable bonds is 7. The number of ether oxygens (including phenoxy) is 2. The summed E-state index contributed by atoms with van der Waals surface area (Å²) in [7, 11) is 0. The van der Waals surface area contributed by atoms with Crippen LogP contribution in [-0.2, 0) is 9.47 Å². The van der Waals surface area contributed by atoms with E-state index >= 15 is 0 Å². The molecule has 2 saturated heterocycles. The van der Waals surface area contributed by atoms with Gasteiger partial charge in [0.05, 0.1) is 12.2 Å². The van der Waals surface area contributed by atoms with E-state index < -0.39 is 23.2 Å². The number of hydrogen-bond acceptors (Lipinski definition) is 2. The molecule has 4 fully saturated rings. The average Bonchev–Trinajstić information content (AvgIpc) is 2.72. The summed E-state index contributed by atoms with van der Waals surface area (Å²) in [5.74, 6) is -3.39. The average molecular weight is 394 g/mol. The van der Waals surface area contributed by atoms with Crippen molar-refractivity contribution in [2.45, 2.75) is 114 Å². The summed E-state index contributed by atoms with van der Waals surface area (Å²) in [4.78, 5) is 0. The number of alkyl halides is 4. The normalized spacial score (nSPS) is 40.7. The van der Waals surface area contributed by atoms with Crippen molar-refractivity contribution in [3.05, 3.63) is 0 Å². The molecule has 0 spiro atoms. The van der Waals surface area contributed by atoms with Gasteiger partial charge in [-0.2, -0.15) is 17.6 Å². The molecule has 0 unspecified atom stereocenters. The van der Waals surface area contributed by atoms with Gasteiger partial charge in [0.2, 0.25) is 0 Å². The van der Waals surface area contributed by atoms with Gasteiger partial charge in [-0.3, -0.25) is 0 Å². The minimum Gasteiger partial charge on any atom is -0.368 e. The monoisotopic (exact) mass is 394 g/mol. The maximum Gasteiger partial charge on any atom is 0.422 e. The molecule has 0 radical (unpaired) electrons. The zero-order valence-corrected chi connectivity index (χ0v) is 16.7. The first kappa shape index (κ1) is 21.4. The third kappa shape index (κ3) is 3.90. The second-order valence-electron chi connectivity index (χ2n) is 9.11. The summed E-state index contributed by atoms with van der Waals surface area (Å²) >= 11 is 0. The Morgan fingerprint density at radius 2 is 1.44 bits per heavy atom. The fourth-order valence-corrected chi connectivity index (χ4v) is 5.49. The Hall–Kier alpha value is -0.360. The molecular formula is C21H34F4O2. The maximum absolute atomic E-state index is 14.9. The second-order valence-corrected chi connectivity index (χ2v) is 9.11. The molecule has 0 N–H and O–H groups in total. The third-order valence-corrected chi connectivity index (χ3v) is 7.22. The van der Waals surface area contributed by atoms with Gasteiger partial charge in [0.15, 0.2) is 0 Å². The maximum atomic E-state index is 14.9. The quantitative estimate of drug-likeness (QED) is 0.446. The fourth-order valence-electron chi connectivity index (χ4n) is 5.49. The van der Waals surface area contributed by atoms with Gasteiger partial charge in [-0.05, 0) is 56.8 Å². The van der Waals surface area contributed by atoms with Crippen LogP contribution in [0.15, 0.2) is 0 Å². The van der Waals surface area contributed by atoms with Gasteiger partial charge in [0, 0.05) is 0 Å². The zero-order valence-electron chi connectivity index (χ0n) is 16.7. The van der Waals surface area contributed by atoms with Gasteiger partial charge >= 0.3 is 12.0 Å². The Balaban J connectivity index is 1.69. The van der Waals surface area contributed by atoms with Crippen molar-refractivity contribution in [3.8, 4) is 0 Å². The largest absolute Gasteiger partial charge is 0.422 e. The predicted octanol–water partition coefficient (Wildman–Crippen LogP) is 6.72. The van der Waals surface area contributed by atoms with Gasteiger partial charge in [0.25, 0.3) is 0 Å². The predicted molar refractivity (Wildman–Crippen MR) is 96.1 cm³/mol. The molecule has 4 rings (SSSR count). The van der Waals surface area contributed by atoms with E-state index in [1.165, 1.54) is 6.42 Å². The van der Waals surface area contributed by atoms with Crippen LogP contribution in [-0.4, -0.2) is 29.8 Å². The SMILES string of the molecule is CCCC1CCC(COC23CCC(CCC)(CC2)OC(F)(F)C3(F)F)CC1. The van der Waals surface area contributed by atoms with Crippen molar-refractivity contribution in [1.82, 2.24) is 0 Å². The molecule has 2 nitrogen and oxygen atoms in total. The van der Waals surface area contributed by atoms with Crippen LogP contribution in [0.5, 0.6) is 0 Å². The summed E-state index contributed by atoms with van der Waals surface area (Å²) in [6.45, 7) is 4.20. The van der Waals surface area contributed by atoms with Crippen LogP contribution in [0.25, 0.3) is 0 Å². The van der Waals surface area contributed by atoms with E-state index in [0.29, 0.717) is 18.8 Å². The van der Waals surface area contributed by atoms with Crippen molar-refractivity contribution in [2.24, 2.45) is 11.8 Å². The first-order valence-corrected chi connectivity index (χ1v) is 10.8. The van der Waals surface area contributed by atoms with Gasteiger partial charge in [0.1, 0.15) is 5.60 Å². The first-order chi connectivity index (χ1) is 12.7. The van der Waals surface area contributed by atoms with Crippen molar-refractivity contribution < 1.29 is 27.0 Å². The van der Waals surface area contributed by atoms with Gasteiger partial charge in [-0.25, -0.2) is 0 Å². The molecule has 2 bridgehead atoms. The van der Waals surface area contributed by atoms with E-state index in [1.807, 2.05) is 6.92 Å². The van der Waals surface area contributed by atoms with Crippen LogP contribution in [0, 0.1) is 11.8 Å². The van der Waals surface area contributed by atoms with Crippen LogP contribution in [0.2, 0.25) is 0 Å². The second kappa shape index (κ2) is 7.81. The minimum atomic E-state index is -4.48. The molecule has 0 amide bonds. The Morgan fingerprint density at radius 1 is 0.852 bits per heavy atom. The lowest BCUT2D eigenvalue weighted by atomic mass is 9.72. The molecule has 6 heteroatoms. The lowest BCUT2D eigenvalue weighted by Gasteiger charge is -2.43. The fraction of sp³-hybridized carbons (Fsp3) is 1.00. The number of halogens is 4. The van der Waals surface area contributed by atoms with Crippen LogP contribution in [0.3, 0.4) is 0 Å². The molecule has 0 aromatic carbocycles. The highest BCUT2D eigenvalue weighted by atomic mass is 19.3. The van der Waals surface area contributed by atoms with E-state index in [9.17, 15) is 17.6 Å². The van der Waals surface area contributed by atoms with Gasteiger partial charge < -0.3 is 9.47 Å². The smallest absolute Gasteiger partial charge is 0.368 e. The van der Waals surface area contributed by atoms with Crippen LogP contribution < -0.4 is 0 Å². The van der Waals surface area contributed by atoms with E-state index in [-0.39, 0.29) is 38.2 Å². The molecule has 2 saturated carbocycles. The van der Waals surface area contributed by atoms with Gasteiger partial charge in [-0.1, -0.05) is 46.0 Å². The molecule has 2 aliphatic carbocycles. The Labute approximate surface area is 160 Å². The van der Waals surface area contributed by atoms with E-state index in [4.69, 9.17) is 9.47 Å². The molecule has 0 aromatic rings. The highest BCUT2D eigenvalue weighted by molar-refractivity contribution is 5.10. The lowest BCUT2D eigenvalue weighted by Crippen LogP contribution is -2.59. The minimum absolute atomic E-state index is 0.0548. The summed E-state index contributed by atoms with van der Waals surface area (Å²) in [6, 6.07) is 0. The Kier molecular flexibility index (Phi) is 6.18. The highest BCUT2D eigenvalue weighted by Crippen LogP contribution is 2.60. The Morgan fingerprint density at radius 3 is 2.00 bits per heavy atom. The number of fused-ring (bicyclic) bond motifs is 4. The molecule has 0 aromatic heterocycles. The van der Waals surface area contributed by atoms with E-state index in [0.717, 1.165) is 32.1 Å². The Bertz CT molecular complexity index is 492. The molecule has 2 heterocycles. The molecule has 27 heavy (non-hydrogen) atoms. The summed E-state index contributed by atoms with van der Waals surface area (Å²) in [5.41, 5.74) is -3.23. The van der Waals surface area contributed by atoms with Crippen molar-refractivity contribution in [3.63, 3.8) is 0 Å². The van der Waals surface area contributed by atoms with Crippen molar-refractivity contribution in [2.75, 3.05) is 6.61 Å². The molecule has 2 aliphatic heterocycles. The van der Waals surface area contributed by atoms with Crippen LogP contribution >= 0.6 is 0 Å². The first-order valence-electron chi connectivity index (χ1n) is 10.8.